The molecule has 1 rings (SSSR count). The maximum atomic E-state index is 12.1. The van der Waals surface area contributed by atoms with Crippen LogP contribution in [-0.4, -0.2) is 45.1 Å². The van der Waals surface area contributed by atoms with Crippen molar-refractivity contribution in [1.29, 1.82) is 0 Å². The number of hydrogen-bond acceptors (Lipinski definition) is 3. The Morgan fingerprint density at radius 2 is 1.73 bits per heavy atom. The average Bonchev–Trinajstić information content (AvgIpc) is 2.41. The number of amides is 1. The van der Waals surface area contributed by atoms with Crippen LogP contribution in [0.4, 0.5) is 5.69 Å². The van der Waals surface area contributed by atoms with E-state index in [-0.39, 0.29) is 18.9 Å². The third-order valence-electron chi connectivity index (χ3n) is 3.67. The van der Waals surface area contributed by atoms with E-state index < -0.39 is 10.0 Å². The summed E-state index contributed by atoms with van der Waals surface area (Å²) in [7, 11) is -3.43. The van der Waals surface area contributed by atoms with E-state index in [1.54, 1.807) is 11.0 Å². The van der Waals surface area contributed by atoms with Gasteiger partial charge in [-0.05, 0) is 39.3 Å². The van der Waals surface area contributed by atoms with Crippen molar-refractivity contribution < 1.29 is 13.2 Å². The molecule has 0 spiro atoms. The molecular formula is C16H26N2O3S. The standard InChI is InChI=1S/C16H26N2O3S/c1-6-17(7-2)16(19)10-11-18(22(5,20)21)15-9-8-13(3)12-14(15)4/h8-9,12H,6-7,10-11H2,1-5H3. The van der Waals surface area contributed by atoms with Crippen molar-refractivity contribution in [2.75, 3.05) is 30.2 Å². The number of rotatable bonds is 7. The van der Waals surface area contributed by atoms with Crippen LogP contribution in [0.25, 0.3) is 0 Å². The summed E-state index contributed by atoms with van der Waals surface area (Å²) in [5.74, 6) is -0.0246. The van der Waals surface area contributed by atoms with Crippen LogP contribution in [0.3, 0.4) is 0 Å². The topological polar surface area (TPSA) is 57.7 Å². The Morgan fingerprint density at radius 1 is 1.14 bits per heavy atom. The molecule has 0 aromatic heterocycles. The first-order valence-corrected chi connectivity index (χ1v) is 9.38. The fourth-order valence-corrected chi connectivity index (χ4v) is 3.47. The zero-order valence-corrected chi connectivity index (χ0v) is 14.9. The van der Waals surface area contributed by atoms with Gasteiger partial charge in [0.2, 0.25) is 15.9 Å². The number of hydrogen-bond donors (Lipinski definition) is 0. The van der Waals surface area contributed by atoms with Gasteiger partial charge in [-0.1, -0.05) is 17.7 Å². The van der Waals surface area contributed by atoms with Gasteiger partial charge < -0.3 is 4.90 Å². The highest BCUT2D eigenvalue weighted by Gasteiger charge is 2.21. The Labute approximate surface area is 134 Å². The maximum absolute atomic E-state index is 12.1. The van der Waals surface area contributed by atoms with Gasteiger partial charge in [-0.25, -0.2) is 8.42 Å². The number of carbonyl (C=O) groups excluding carboxylic acids is 1. The van der Waals surface area contributed by atoms with E-state index >= 15 is 0 Å². The molecule has 1 amide bonds. The predicted molar refractivity (Wildman–Crippen MR) is 90.7 cm³/mol. The van der Waals surface area contributed by atoms with Crippen molar-refractivity contribution in [3.05, 3.63) is 29.3 Å². The highest BCUT2D eigenvalue weighted by molar-refractivity contribution is 7.92. The second-order valence-corrected chi connectivity index (χ2v) is 7.35. The molecule has 0 radical (unpaired) electrons. The fraction of sp³-hybridized carbons (Fsp3) is 0.562. The monoisotopic (exact) mass is 326 g/mol. The van der Waals surface area contributed by atoms with Crippen molar-refractivity contribution in [2.45, 2.75) is 34.1 Å². The van der Waals surface area contributed by atoms with Crippen molar-refractivity contribution in [2.24, 2.45) is 0 Å². The van der Waals surface area contributed by atoms with Crippen molar-refractivity contribution >= 4 is 21.6 Å². The van der Waals surface area contributed by atoms with Gasteiger partial charge in [0.15, 0.2) is 0 Å². The number of sulfonamides is 1. The third-order valence-corrected chi connectivity index (χ3v) is 4.85. The van der Waals surface area contributed by atoms with Gasteiger partial charge in [-0.3, -0.25) is 9.10 Å². The van der Waals surface area contributed by atoms with Gasteiger partial charge in [-0.15, -0.1) is 0 Å². The molecule has 0 bridgehead atoms. The number of anilines is 1. The van der Waals surface area contributed by atoms with Crippen LogP contribution in [0.1, 0.15) is 31.4 Å². The molecule has 0 N–H and O–H groups in total. The van der Waals surface area contributed by atoms with Gasteiger partial charge in [-0.2, -0.15) is 0 Å². The number of aryl methyl sites for hydroxylation is 2. The third kappa shape index (κ3) is 4.73. The van der Waals surface area contributed by atoms with E-state index in [4.69, 9.17) is 0 Å². The van der Waals surface area contributed by atoms with Crippen LogP contribution >= 0.6 is 0 Å². The molecule has 1 aromatic carbocycles. The summed E-state index contributed by atoms with van der Waals surface area (Å²) in [6.07, 6.45) is 1.36. The smallest absolute Gasteiger partial charge is 0.232 e. The molecule has 0 aliphatic heterocycles. The molecule has 0 saturated carbocycles. The Kier molecular flexibility index (Phi) is 6.41. The molecule has 0 atom stereocenters. The van der Waals surface area contributed by atoms with Gasteiger partial charge in [0.1, 0.15) is 0 Å². The Hall–Kier alpha value is -1.56. The highest BCUT2D eigenvalue weighted by atomic mass is 32.2. The molecule has 0 saturated heterocycles. The van der Waals surface area contributed by atoms with Crippen molar-refractivity contribution in [1.82, 2.24) is 4.90 Å². The van der Waals surface area contributed by atoms with Crippen LogP contribution < -0.4 is 4.31 Å². The van der Waals surface area contributed by atoms with E-state index in [9.17, 15) is 13.2 Å². The number of carbonyl (C=O) groups is 1. The van der Waals surface area contributed by atoms with E-state index in [0.717, 1.165) is 11.1 Å². The summed E-state index contributed by atoms with van der Waals surface area (Å²) < 4.78 is 25.5. The summed E-state index contributed by atoms with van der Waals surface area (Å²) in [6, 6.07) is 5.63. The second kappa shape index (κ2) is 7.63. The molecule has 0 unspecified atom stereocenters. The van der Waals surface area contributed by atoms with Gasteiger partial charge in [0.05, 0.1) is 11.9 Å². The number of benzene rings is 1. The predicted octanol–water partition coefficient (Wildman–Crippen LogP) is 2.33. The Bertz CT molecular complexity index is 622. The van der Waals surface area contributed by atoms with E-state index in [2.05, 4.69) is 0 Å². The Morgan fingerprint density at radius 3 is 2.18 bits per heavy atom. The molecule has 5 nitrogen and oxygen atoms in total. The van der Waals surface area contributed by atoms with E-state index in [1.165, 1.54) is 10.6 Å². The van der Waals surface area contributed by atoms with Gasteiger partial charge in [0, 0.05) is 26.1 Å². The second-order valence-electron chi connectivity index (χ2n) is 5.44. The van der Waals surface area contributed by atoms with Crippen LogP contribution in [0.5, 0.6) is 0 Å². The van der Waals surface area contributed by atoms with Crippen LogP contribution in [0.15, 0.2) is 18.2 Å². The van der Waals surface area contributed by atoms with Crippen molar-refractivity contribution in [3.8, 4) is 0 Å². The first kappa shape index (κ1) is 18.5. The maximum Gasteiger partial charge on any atom is 0.232 e. The molecule has 0 aliphatic rings. The lowest BCUT2D eigenvalue weighted by Crippen LogP contribution is -2.37. The van der Waals surface area contributed by atoms with Gasteiger partial charge in [0.25, 0.3) is 0 Å². The molecule has 6 heteroatoms. The lowest BCUT2D eigenvalue weighted by molar-refractivity contribution is -0.130. The lowest BCUT2D eigenvalue weighted by Gasteiger charge is -2.26. The lowest BCUT2D eigenvalue weighted by atomic mass is 10.1. The minimum absolute atomic E-state index is 0.0246. The first-order valence-electron chi connectivity index (χ1n) is 7.53. The molecule has 124 valence electrons. The number of nitrogens with zero attached hydrogens (tertiary/aromatic N) is 2. The molecule has 0 aliphatic carbocycles. The molecule has 1 aromatic rings. The fourth-order valence-electron chi connectivity index (χ4n) is 2.48. The molecule has 0 heterocycles. The normalized spacial score (nSPS) is 11.3. The largest absolute Gasteiger partial charge is 0.343 e. The molecule has 0 fully saturated rings. The zero-order chi connectivity index (χ0) is 16.9. The SMILES string of the molecule is CCN(CC)C(=O)CCN(c1ccc(C)cc1C)S(C)(=O)=O. The summed E-state index contributed by atoms with van der Waals surface area (Å²) in [5, 5.41) is 0. The van der Waals surface area contributed by atoms with E-state index in [1.807, 2.05) is 39.8 Å². The summed E-state index contributed by atoms with van der Waals surface area (Å²) in [6.45, 7) is 9.12. The van der Waals surface area contributed by atoms with Crippen LogP contribution in [-0.2, 0) is 14.8 Å². The average molecular weight is 326 g/mol. The summed E-state index contributed by atoms with van der Waals surface area (Å²) in [5.41, 5.74) is 2.61. The summed E-state index contributed by atoms with van der Waals surface area (Å²) >= 11 is 0. The molecule has 22 heavy (non-hydrogen) atoms. The highest BCUT2D eigenvalue weighted by Crippen LogP contribution is 2.23. The van der Waals surface area contributed by atoms with Crippen LogP contribution in [0.2, 0.25) is 0 Å². The van der Waals surface area contributed by atoms with Crippen LogP contribution in [0, 0.1) is 13.8 Å². The quantitative estimate of drug-likeness (QED) is 0.773. The van der Waals surface area contributed by atoms with Crippen molar-refractivity contribution in [3.63, 3.8) is 0 Å². The molecular weight excluding hydrogens is 300 g/mol. The summed E-state index contributed by atoms with van der Waals surface area (Å²) in [4.78, 5) is 13.8. The minimum atomic E-state index is -3.43. The zero-order valence-electron chi connectivity index (χ0n) is 14.1. The van der Waals surface area contributed by atoms with E-state index in [0.29, 0.717) is 18.8 Å². The Balaban J connectivity index is 2.99. The van der Waals surface area contributed by atoms with Gasteiger partial charge >= 0.3 is 0 Å². The minimum Gasteiger partial charge on any atom is -0.343 e. The first-order chi connectivity index (χ1) is 10.2.